The van der Waals surface area contributed by atoms with Crippen molar-refractivity contribution >= 4 is 28.3 Å². The van der Waals surface area contributed by atoms with E-state index in [0.717, 1.165) is 45.4 Å². The maximum absolute atomic E-state index is 4.98. The lowest BCUT2D eigenvalue weighted by molar-refractivity contribution is 0.351. The van der Waals surface area contributed by atoms with Gasteiger partial charge in [0.25, 0.3) is 0 Å². The van der Waals surface area contributed by atoms with Crippen molar-refractivity contribution < 1.29 is 0 Å². The van der Waals surface area contributed by atoms with Crippen molar-refractivity contribution in [3.63, 3.8) is 0 Å². The highest BCUT2D eigenvalue weighted by Gasteiger charge is 2.25. The molecule has 7 heteroatoms. The van der Waals surface area contributed by atoms with Crippen LogP contribution in [0, 0.1) is 12.8 Å². The summed E-state index contributed by atoms with van der Waals surface area (Å²) in [4.78, 5) is 9.50. The van der Waals surface area contributed by atoms with E-state index in [-0.39, 0.29) is 12.4 Å². The summed E-state index contributed by atoms with van der Waals surface area (Å²) in [6, 6.07) is 6.35. The molecule has 1 aliphatic heterocycles. The fraction of sp³-hybridized carbons (Fsp3) is 0.450. The van der Waals surface area contributed by atoms with Gasteiger partial charge in [0.2, 0.25) is 0 Å². The standard InChI is InChI=1S/C20H22BrN5.ClH/c1-13-18-11-26-20(23-19(24-26)9-14-5-3-2-4-6-14)16-10-15(21)7-8-17(16)25(18)12-22-13;/h7-8,10,12,14H,2-6,9,11H2,1H3;1H. The van der Waals surface area contributed by atoms with Crippen molar-refractivity contribution in [2.75, 3.05) is 0 Å². The summed E-state index contributed by atoms with van der Waals surface area (Å²) >= 11 is 3.62. The molecule has 0 saturated heterocycles. The van der Waals surface area contributed by atoms with Crippen LogP contribution in [-0.2, 0) is 13.0 Å². The largest absolute Gasteiger partial charge is 0.300 e. The van der Waals surface area contributed by atoms with E-state index in [0.29, 0.717) is 6.54 Å². The van der Waals surface area contributed by atoms with E-state index in [1.54, 1.807) is 0 Å². The molecule has 142 valence electrons. The predicted octanol–water partition coefficient (Wildman–Crippen LogP) is 5.11. The summed E-state index contributed by atoms with van der Waals surface area (Å²) in [7, 11) is 0. The van der Waals surface area contributed by atoms with Crippen LogP contribution in [0.2, 0.25) is 0 Å². The minimum atomic E-state index is 0. The van der Waals surface area contributed by atoms with Gasteiger partial charge in [-0.3, -0.25) is 0 Å². The van der Waals surface area contributed by atoms with Crippen molar-refractivity contribution in [3.05, 3.63) is 46.2 Å². The van der Waals surface area contributed by atoms with Crippen LogP contribution >= 0.6 is 28.3 Å². The van der Waals surface area contributed by atoms with E-state index in [9.17, 15) is 0 Å². The van der Waals surface area contributed by atoms with Gasteiger partial charge in [0.15, 0.2) is 11.6 Å². The number of aromatic nitrogens is 5. The van der Waals surface area contributed by atoms with Gasteiger partial charge in [-0.05, 0) is 31.0 Å². The third-order valence-corrected chi connectivity index (χ3v) is 6.24. The first-order valence-corrected chi connectivity index (χ1v) is 10.2. The molecule has 0 spiro atoms. The number of hydrogen-bond donors (Lipinski definition) is 0. The molecule has 2 aliphatic rings. The highest BCUT2D eigenvalue weighted by Crippen LogP contribution is 2.34. The molecule has 0 bridgehead atoms. The Labute approximate surface area is 173 Å². The third kappa shape index (κ3) is 3.34. The highest BCUT2D eigenvalue weighted by atomic mass is 79.9. The molecule has 0 unspecified atom stereocenters. The molecule has 1 aromatic carbocycles. The van der Waals surface area contributed by atoms with Gasteiger partial charge in [0.05, 0.1) is 29.9 Å². The van der Waals surface area contributed by atoms with Crippen LogP contribution in [0.5, 0.6) is 0 Å². The molecule has 3 aromatic rings. The summed E-state index contributed by atoms with van der Waals surface area (Å²) < 4.78 is 5.30. The number of benzene rings is 1. The van der Waals surface area contributed by atoms with E-state index < -0.39 is 0 Å². The number of hydrogen-bond acceptors (Lipinski definition) is 3. The molecule has 3 heterocycles. The molecule has 0 N–H and O–H groups in total. The first-order valence-electron chi connectivity index (χ1n) is 9.46. The number of imidazole rings is 1. The number of halogens is 2. The average molecular weight is 449 g/mol. The van der Waals surface area contributed by atoms with Crippen molar-refractivity contribution in [3.8, 4) is 17.1 Å². The van der Waals surface area contributed by atoms with E-state index in [2.05, 4.69) is 55.3 Å². The number of aryl methyl sites for hydroxylation is 1. The lowest BCUT2D eigenvalue weighted by atomic mass is 9.87. The van der Waals surface area contributed by atoms with Crippen LogP contribution in [0.15, 0.2) is 29.0 Å². The summed E-state index contributed by atoms with van der Waals surface area (Å²) in [5.41, 5.74) is 4.47. The van der Waals surface area contributed by atoms with Gasteiger partial charge in [-0.2, -0.15) is 5.10 Å². The maximum Gasteiger partial charge on any atom is 0.160 e. The molecule has 1 fully saturated rings. The molecule has 5 rings (SSSR count). The smallest absolute Gasteiger partial charge is 0.160 e. The molecule has 1 saturated carbocycles. The van der Waals surface area contributed by atoms with Gasteiger partial charge >= 0.3 is 0 Å². The second-order valence-electron chi connectivity index (χ2n) is 7.53. The Morgan fingerprint density at radius 3 is 2.81 bits per heavy atom. The lowest BCUT2D eigenvalue weighted by Crippen LogP contribution is -2.11. The van der Waals surface area contributed by atoms with Crippen LogP contribution in [0.1, 0.15) is 49.3 Å². The highest BCUT2D eigenvalue weighted by molar-refractivity contribution is 9.10. The zero-order chi connectivity index (χ0) is 17.7. The van der Waals surface area contributed by atoms with Crippen molar-refractivity contribution in [2.45, 2.75) is 52.0 Å². The molecule has 1 aliphatic carbocycles. The van der Waals surface area contributed by atoms with Crippen LogP contribution in [0.3, 0.4) is 0 Å². The molecular formula is C20H23BrClN5. The van der Waals surface area contributed by atoms with Gasteiger partial charge in [-0.15, -0.1) is 12.4 Å². The van der Waals surface area contributed by atoms with E-state index in [4.69, 9.17) is 10.1 Å². The minimum Gasteiger partial charge on any atom is -0.300 e. The quantitative estimate of drug-likeness (QED) is 0.428. The topological polar surface area (TPSA) is 48.5 Å². The Morgan fingerprint density at radius 2 is 2.00 bits per heavy atom. The van der Waals surface area contributed by atoms with E-state index in [1.807, 2.05) is 6.33 Å². The second-order valence-corrected chi connectivity index (χ2v) is 8.44. The van der Waals surface area contributed by atoms with Gasteiger partial charge in [0.1, 0.15) is 0 Å². The monoisotopic (exact) mass is 447 g/mol. The summed E-state index contributed by atoms with van der Waals surface area (Å²) in [5.74, 6) is 2.70. The fourth-order valence-corrected chi connectivity index (χ4v) is 4.70. The number of nitrogens with zero attached hydrogens (tertiary/aromatic N) is 5. The van der Waals surface area contributed by atoms with Crippen molar-refractivity contribution in [1.29, 1.82) is 0 Å². The van der Waals surface area contributed by atoms with Crippen molar-refractivity contribution in [1.82, 2.24) is 24.3 Å². The SMILES string of the molecule is Cc1ncn2c1Cn1nc(CC3CCCCC3)nc1-c1cc(Br)ccc1-2.Cl. The third-order valence-electron chi connectivity index (χ3n) is 5.75. The van der Waals surface area contributed by atoms with E-state index in [1.165, 1.54) is 37.8 Å². The van der Waals surface area contributed by atoms with Gasteiger partial charge in [-0.1, -0.05) is 48.0 Å². The Hall–Kier alpha value is -1.66. The van der Waals surface area contributed by atoms with Crippen LogP contribution in [0.25, 0.3) is 17.1 Å². The lowest BCUT2D eigenvalue weighted by Gasteiger charge is -2.19. The van der Waals surface area contributed by atoms with Gasteiger partial charge in [0, 0.05) is 16.5 Å². The van der Waals surface area contributed by atoms with Gasteiger partial charge < -0.3 is 4.57 Å². The molecular weight excluding hydrogens is 426 g/mol. The molecule has 0 atom stereocenters. The normalized spacial score (nSPS) is 16.1. The second kappa shape index (κ2) is 7.40. The zero-order valence-electron chi connectivity index (χ0n) is 15.4. The molecule has 0 radical (unpaired) electrons. The van der Waals surface area contributed by atoms with Crippen LogP contribution in [0.4, 0.5) is 0 Å². The number of rotatable bonds is 2. The Kier molecular flexibility index (Phi) is 5.12. The predicted molar refractivity (Wildman–Crippen MR) is 112 cm³/mol. The molecule has 2 aromatic heterocycles. The Morgan fingerprint density at radius 1 is 1.19 bits per heavy atom. The first kappa shape index (κ1) is 18.7. The average Bonchev–Trinajstić information content (AvgIpc) is 3.17. The molecule has 5 nitrogen and oxygen atoms in total. The van der Waals surface area contributed by atoms with Gasteiger partial charge in [-0.25, -0.2) is 14.6 Å². The van der Waals surface area contributed by atoms with Crippen LogP contribution < -0.4 is 0 Å². The minimum absolute atomic E-state index is 0. The maximum atomic E-state index is 4.98. The van der Waals surface area contributed by atoms with Crippen LogP contribution in [-0.4, -0.2) is 24.3 Å². The first-order chi connectivity index (χ1) is 12.7. The Balaban J connectivity index is 0.00000180. The summed E-state index contributed by atoms with van der Waals surface area (Å²) in [5, 5.41) is 4.90. The zero-order valence-corrected chi connectivity index (χ0v) is 17.8. The summed E-state index contributed by atoms with van der Waals surface area (Å²) in [6.45, 7) is 2.78. The van der Waals surface area contributed by atoms with Crippen molar-refractivity contribution in [2.24, 2.45) is 5.92 Å². The number of fused-ring (bicyclic) bond motifs is 5. The molecule has 0 amide bonds. The van der Waals surface area contributed by atoms with E-state index >= 15 is 0 Å². The molecule has 27 heavy (non-hydrogen) atoms. The summed E-state index contributed by atoms with van der Waals surface area (Å²) in [6.07, 6.45) is 9.64. The fourth-order valence-electron chi connectivity index (χ4n) is 4.33. The Bertz CT molecular complexity index is 971.